The van der Waals surface area contributed by atoms with Gasteiger partial charge in [0.05, 0.1) is 15.4 Å². The molecule has 0 aromatic heterocycles. The zero-order chi connectivity index (χ0) is 21.9. The van der Waals surface area contributed by atoms with Crippen LogP contribution in [0.15, 0.2) is 63.2 Å². The Kier molecular flexibility index (Phi) is 6.66. The van der Waals surface area contributed by atoms with Crippen LogP contribution in [-0.2, 0) is 16.0 Å². The van der Waals surface area contributed by atoms with Crippen LogP contribution in [-0.4, -0.2) is 43.4 Å². The maximum Gasteiger partial charge on any atom is 0.417 e. The van der Waals surface area contributed by atoms with Crippen LogP contribution in [0.25, 0.3) is 0 Å². The predicted octanol–water partition coefficient (Wildman–Crippen LogP) is 5.02. The first-order chi connectivity index (χ1) is 14.1. The van der Waals surface area contributed by atoms with Gasteiger partial charge >= 0.3 is 12.3 Å². The monoisotopic (exact) mass is 459 g/mol. The van der Waals surface area contributed by atoms with Crippen LogP contribution in [0.2, 0.25) is 0 Å². The highest BCUT2D eigenvalue weighted by atomic mass is 32.2. The predicted molar refractivity (Wildman–Crippen MR) is 106 cm³/mol. The number of carboxylic acid groups (broad SMARTS) is 1. The molecular formula is C20H20F3NO4S2. The molecule has 5 nitrogen and oxygen atoms in total. The van der Waals surface area contributed by atoms with Crippen molar-refractivity contribution in [2.24, 2.45) is 5.92 Å². The number of nitrogens with zero attached hydrogens (tertiary/aromatic N) is 1. The summed E-state index contributed by atoms with van der Waals surface area (Å²) in [6.45, 7) is 0.685. The average molecular weight is 460 g/mol. The number of sulfone groups is 1. The van der Waals surface area contributed by atoms with Crippen LogP contribution in [0, 0.1) is 5.92 Å². The number of likely N-dealkylation sites (tertiary alicyclic amines) is 1. The van der Waals surface area contributed by atoms with Crippen molar-refractivity contribution in [2.75, 3.05) is 18.8 Å². The number of benzene rings is 2. The molecule has 1 aliphatic heterocycles. The number of alkyl halides is 3. The van der Waals surface area contributed by atoms with Crippen molar-refractivity contribution in [3.63, 3.8) is 0 Å². The lowest BCUT2D eigenvalue weighted by Crippen LogP contribution is -2.37. The quantitative estimate of drug-likeness (QED) is 0.636. The number of thioether (sulfide) groups is 1. The highest BCUT2D eigenvalue weighted by Crippen LogP contribution is 2.40. The Hall–Kier alpha value is -2.20. The van der Waals surface area contributed by atoms with Crippen molar-refractivity contribution in [3.8, 4) is 0 Å². The third kappa shape index (κ3) is 5.10. The molecule has 30 heavy (non-hydrogen) atoms. The van der Waals surface area contributed by atoms with Gasteiger partial charge in [0, 0.05) is 23.7 Å². The standard InChI is InChI=1S/C20H20F3NO4S2/c21-20(22,23)17-7-6-16(30(27,28)15-4-2-1-3-5-15)12-18(17)29-13-14-8-10-24(11-9-14)19(25)26/h1-7,12,14H,8-11,13H2,(H,25,26). The van der Waals surface area contributed by atoms with E-state index in [1.54, 1.807) is 18.2 Å². The average Bonchev–Trinajstić information content (AvgIpc) is 2.72. The lowest BCUT2D eigenvalue weighted by Gasteiger charge is -2.29. The van der Waals surface area contributed by atoms with Gasteiger partial charge < -0.3 is 10.0 Å². The van der Waals surface area contributed by atoms with E-state index in [1.165, 1.54) is 17.0 Å². The molecule has 1 N–H and O–H groups in total. The van der Waals surface area contributed by atoms with Crippen molar-refractivity contribution in [1.82, 2.24) is 4.90 Å². The van der Waals surface area contributed by atoms with Crippen molar-refractivity contribution in [1.29, 1.82) is 0 Å². The molecule has 2 aromatic carbocycles. The van der Waals surface area contributed by atoms with Crippen LogP contribution in [0.3, 0.4) is 0 Å². The first-order valence-corrected chi connectivity index (χ1v) is 11.7. The van der Waals surface area contributed by atoms with Gasteiger partial charge in [-0.05, 0) is 49.1 Å². The number of halogens is 3. The molecule has 2 aromatic rings. The SMILES string of the molecule is O=C(O)N1CCC(CSc2cc(S(=O)(=O)c3ccccc3)ccc2C(F)(F)F)CC1. The molecule has 1 saturated heterocycles. The zero-order valence-electron chi connectivity index (χ0n) is 15.8. The minimum atomic E-state index is -4.61. The Bertz CT molecular complexity index is 1000. The summed E-state index contributed by atoms with van der Waals surface area (Å²) in [5.74, 6) is 0.409. The van der Waals surface area contributed by atoms with E-state index >= 15 is 0 Å². The maximum absolute atomic E-state index is 13.5. The number of carbonyl (C=O) groups is 1. The summed E-state index contributed by atoms with van der Waals surface area (Å²) in [6.07, 6.45) is -4.49. The van der Waals surface area contributed by atoms with E-state index in [2.05, 4.69) is 0 Å². The van der Waals surface area contributed by atoms with Crippen molar-refractivity contribution < 1.29 is 31.5 Å². The van der Waals surface area contributed by atoms with Crippen LogP contribution in [0.5, 0.6) is 0 Å². The molecular weight excluding hydrogens is 439 g/mol. The Morgan fingerprint density at radius 3 is 2.27 bits per heavy atom. The third-order valence-electron chi connectivity index (χ3n) is 4.98. The molecule has 0 aliphatic carbocycles. The number of hydrogen-bond acceptors (Lipinski definition) is 4. The number of piperidine rings is 1. The Balaban J connectivity index is 1.83. The van der Waals surface area contributed by atoms with E-state index in [1.807, 2.05) is 0 Å². The molecule has 0 spiro atoms. The molecule has 10 heteroatoms. The van der Waals surface area contributed by atoms with Gasteiger partial charge in [0.1, 0.15) is 0 Å². The molecule has 0 atom stereocenters. The van der Waals surface area contributed by atoms with E-state index in [0.717, 1.165) is 30.0 Å². The van der Waals surface area contributed by atoms with E-state index in [-0.39, 0.29) is 20.6 Å². The lowest BCUT2D eigenvalue weighted by molar-refractivity contribution is -0.139. The summed E-state index contributed by atoms with van der Waals surface area (Å²) in [5, 5.41) is 9.00. The first kappa shape index (κ1) is 22.5. The van der Waals surface area contributed by atoms with Gasteiger partial charge in [0.25, 0.3) is 0 Å². The van der Waals surface area contributed by atoms with Gasteiger partial charge in [-0.2, -0.15) is 13.2 Å². The second kappa shape index (κ2) is 8.89. The largest absolute Gasteiger partial charge is 0.465 e. The summed E-state index contributed by atoms with van der Waals surface area (Å²) >= 11 is 0.965. The molecule has 0 bridgehead atoms. The zero-order valence-corrected chi connectivity index (χ0v) is 17.4. The first-order valence-electron chi connectivity index (χ1n) is 9.21. The fraction of sp³-hybridized carbons (Fsp3) is 0.350. The van der Waals surface area contributed by atoms with E-state index in [0.29, 0.717) is 31.7 Å². The van der Waals surface area contributed by atoms with Crippen LogP contribution in [0.4, 0.5) is 18.0 Å². The summed E-state index contributed by atoms with van der Waals surface area (Å²) in [7, 11) is -3.94. The fourth-order valence-electron chi connectivity index (χ4n) is 3.26. The molecule has 1 heterocycles. The van der Waals surface area contributed by atoms with E-state index < -0.39 is 27.7 Å². The second-order valence-electron chi connectivity index (χ2n) is 7.00. The minimum absolute atomic E-state index is 0.0155. The highest BCUT2D eigenvalue weighted by Gasteiger charge is 2.35. The summed E-state index contributed by atoms with van der Waals surface area (Å²) < 4.78 is 66.0. The number of rotatable bonds is 5. The van der Waals surface area contributed by atoms with Crippen LogP contribution in [0.1, 0.15) is 18.4 Å². The second-order valence-corrected chi connectivity index (χ2v) is 10.0. The lowest BCUT2D eigenvalue weighted by atomic mass is 9.99. The Morgan fingerprint density at radius 1 is 1.07 bits per heavy atom. The molecule has 0 unspecified atom stereocenters. The van der Waals surface area contributed by atoms with Gasteiger partial charge in [-0.15, -0.1) is 11.8 Å². The number of hydrogen-bond donors (Lipinski definition) is 1. The molecule has 3 rings (SSSR count). The topological polar surface area (TPSA) is 74.7 Å². The highest BCUT2D eigenvalue weighted by molar-refractivity contribution is 7.99. The Morgan fingerprint density at radius 2 is 1.70 bits per heavy atom. The van der Waals surface area contributed by atoms with Crippen molar-refractivity contribution in [2.45, 2.75) is 33.7 Å². The fourth-order valence-corrected chi connectivity index (χ4v) is 5.94. The Labute approximate surface area is 176 Å². The van der Waals surface area contributed by atoms with Gasteiger partial charge in [0.15, 0.2) is 0 Å². The molecule has 1 amide bonds. The van der Waals surface area contributed by atoms with Crippen molar-refractivity contribution >= 4 is 27.7 Å². The summed E-state index contributed by atoms with van der Waals surface area (Å²) in [4.78, 5) is 12.0. The molecule has 0 radical (unpaired) electrons. The summed E-state index contributed by atoms with van der Waals surface area (Å²) in [6, 6.07) is 10.4. The maximum atomic E-state index is 13.5. The molecule has 162 valence electrons. The van der Waals surface area contributed by atoms with Gasteiger partial charge in [-0.3, -0.25) is 0 Å². The van der Waals surface area contributed by atoms with Crippen molar-refractivity contribution in [3.05, 3.63) is 54.1 Å². The van der Waals surface area contributed by atoms with Crippen LogP contribution < -0.4 is 0 Å². The van der Waals surface area contributed by atoms with Gasteiger partial charge in [-0.25, -0.2) is 13.2 Å². The smallest absolute Gasteiger partial charge is 0.417 e. The normalized spacial score (nSPS) is 15.9. The van der Waals surface area contributed by atoms with E-state index in [4.69, 9.17) is 5.11 Å². The van der Waals surface area contributed by atoms with Gasteiger partial charge in [-0.1, -0.05) is 18.2 Å². The minimum Gasteiger partial charge on any atom is -0.465 e. The molecule has 0 saturated carbocycles. The summed E-state index contributed by atoms with van der Waals surface area (Å²) in [5.41, 5.74) is -0.873. The van der Waals surface area contributed by atoms with Gasteiger partial charge in [0.2, 0.25) is 9.84 Å². The third-order valence-corrected chi connectivity index (χ3v) is 8.04. The molecule has 1 fully saturated rings. The van der Waals surface area contributed by atoms with E-state index in [9.17, 15) is 26.4 Å². The van der Waals surface area contributed by atoms with Crippen LogP contribution >= 0.6 is 11.8 Å². The molecule has 1 aliphatic rings. The number of amides is 1.